The van der Waals surface area contributed by atoms with Gasteiger partial charge in [0.25, 0.3) is 5.91 Å². The second kappa shape index (κ2) is 9.63. The molecule has 0 spiro atoms. The Morgan fingerprint density at radius 1 is 1.25 bits per heavy atom. The third kappa shape index (κ3) is 5.19. The van der Waals surface area contributed by atoms with Crippen LogP contribution < -0.4 is 10.2 Å². The molecule has 1 saturated heterocycles. The number of halogens is 2. The van der Waals surface area contributed by atoms with Crippen LogP contribution in [0.3, 0.4) is 0 Å². The number of hydrogen-bond acceptors (Lipinski definition) is 5. The predicted octanol–water partition coefficient (Wildman–Crippen LogP) is 4.05. The quantitative estimate of drug-likeness (QED) is 0.679. The molecule has 0 saturated carbocycles. The second-order valence-corrected chi connectivity index (χ2v) is 8.07. The summed E-state index contributed by atoms with van der Waals surface area (Å²) in [6.07, 6.45) is 0.884. The summed E-state index contributed by atoms with van der Waals surface area (Å²) in [5, 5.41) is 8.02. The summed E-state index contributed by atoms with van der Waals surface area (Å²) in [6.45, 7) is 9.29. The first-order valence-electron chi connectivity index (χ1n) is 9.62. The molecule has 0 bridgehead atoms. The molecule has 8 heteroatoms. The van der Waals surface area contributed by atoms with Crippen molar-refractivity contribution in [2.75, 3.05) is 44.2 Å². The minimum absolute atomic E-state index is 0.209. The number of benzene rings is 1. The van der Waals surface area contributed by atoms with Crippen LogP contribution in [0.15, 0.2) is 28.8 Å². The van der Waals surface area contributed by atoms with E-state index in [-0.39, 0.29) is 17.6 Å². The Labute approximate surface area is 175 Å². The van der Waals surface area contributed by atoms with Gasteiger partial charge in [-0.3, -0.25) is 9.69 Å². The number of nitrogens with one attached hydrogen (secondary N) is 1. The van der Waals surface area contributed by atoms with Crippen molar-refractivity contribution in [3.8, 4) is 0 Å². The number of rotatable bonds is 7. The predicted molar refractivity (Wildman–Crippen MR) is 113 cm³/mol. The Morgan fingerprint density at radius 2 is 2.00 bits per heavy atom. The zero-order valence-corrected chi connectivity index (χ0v) is 17.8. The molecule has 2 aromatic rings. The van der Waals surface area contributed by atoms with Crippen LogP contribution in [0, 0.1) is 0 Å². The van der Waals surface area contributed by atoms with Crippen molar-refractivity contribution in [1.29, 1.82) is 0 Å². The highest BCUT2D eigenvalue weighted by Crippen LogP contribution is 2.32. The summed E-state index contributed by atoms with van der Waals surface area (Å²) in [5.41, 5.74) is 1.79. The Kier molecular flexibility index (Phi) is 7.21. The summed E-state index contributed by atoms with van der Waals surface area (Å²) in [4.78, 5) is 16.8. The summed E-state index contributed by atoms with van der Waals surface area (Å²) in [5.74, 6) is 0.307. The van der Waals surface area contributed by atoms with Gasteiger partial charge in [0, 0.05) is 38.8 Å². The maximum Gasteiger partial charge on any atom is 0.289 e. The molecule has 152 valence electrons. The summed E-state index contributed by atoms with van der Waals surface area (Å²) < 4.78 is 5.11. The van der Waals surface area contributed by atoms with Gasteiger partial charge in [-0.05, 0) is 31.0 Å². The van der Waals surface area contributed by atoms with E-state index in [0.717, 1.165) is 50.5 Å². The van der Waals surface area contributed by atoms with Crippen molar-refractivity contribution in [1.82, 2.24) is 15.4 Å². The van der Waals surface area contributed by atoms with E-state index in [9.17, 15) is 4.79 Å². The lowest BCUT2D eigenvalue weighted by molar-refractivity contribution is 0.0914. The lowest BCUT2D eigenvalue weighted by Gasteiger charge is -2.36. The maximum atomic E-state index is 12.1. The molecule has 1 N–H and O–H groups in total. The highest BCUT2D eigenvalue weighted by Gasteiger charge is 2.20. The highest BCUT2D eigenvalue weighted by atomic mass is 35.5. The summed E-state index contributed by atoms with van der Waals surface area (Å²) >= 11 is 12.4. The summed E-state index contributed by atoms with van der Waals surface area (Å²) in [7, 11) is 0. The molecule has 1 aromatic carbocycles. The molecule has 0 aliphatic carbocycles. The Bertz CT molecular complexity index is 801. The van der Waals surface area contributed by atoms with Crippen LogP contribution in [-0.2, 0) is 0 Å². The van der Waals surface area contributed by atoms with Gasteiger partial charge >= 0.3 is 0 Å². The van der Waals surface area contributed by atoms with Crippen LogP contribution in [0.2, 0.25) is 10.0 Å². The van der Waals surface area contributed by atoms with Crippen LogP contribution in [0.1, 0.15) is 42.4 Å². The molecule has 28 heavy (non-hydrogen) atoms. The number of nitrogens with zero attached hydrogens (tertiary/aromatic N) is 3. The molecule has 1 amide bonds. The fourth-order valence-electron chi connectivity index (χ4n) is 3.21. The fraction of sp³-hybridized carbons (Fsp3) is 0.500. The minimum atomic E-state index is -0.209. The molecule has 1 aliphatic rings. The number of aromatic nitrogens is 1. The largest absolute Gasteiger partial charge is 0.368 e. The molecule has 1 aliphatic heterocycles. The van der Waals surface area contributed by atoms with Gasteiger partial charge < -0.3 is 14.7 Å². The van der Waals surface area contributed by atoms with E-state index in [1.165, 1.54) is 0 Å². The van der Waals surface area contributed by atoms with Crippen LogP contribution in [0.5, 0.6) is 0 Å². The molecule has 0 atom stereocenters. The lowest BCUT2D eigenvalue weighted by atomic mass is 10.1. The van der Waals surface area contributed by atoms with Gasteiger partial charge in [0.1, 0.15) is 0 Å². The third-order valence-electron chi connectivity index (χ3n) is 4.92. The Morgan fingerprint density at radius 3 is 2.68 bits per heavy atom. The third-order valence-corrected chi connectivity index (χ3v) is 5.73. The van der Waals surface area contributed by atoms with Crippen LogP contribution in [0.25, 0.3) is 0 Å². The normalized spacial score (nSPS) is 15.2. The average molecular weight is 425 g/mol. The number of carbonyl (C=O) groups excluding carboxylic acids is 1. The SMILES string of the molecule is CC(C)c1cc(C(=O)NCCCN2CCN(c3cccc(Cl)c3Cl)CC2)on1. The van der Waals surface area contributed by atoms with Gasteiger partial charge in [0.15, 0.2) is 0 Å². The number of hydrogen-bond donors (Lipinski definition) is 1. The average Bonchev–Trinajstić information content (AvgIpc) is 3.19. The van der Waals surface area contributed by atoms with E-state index in [0.29, 0.717) is 16.6 Å². The topological polar surface area (TPSA) is 61.6 Å². The van der Waals surface area contributed by atoms with Crippen LogP contribution in [0.4, 0.5) is 5.69 Å². The Balaban J connectivity index is 1.37. The van der Waals surface area contributed by atoms with Crippen molar-refractivity contribution in [2.24, 2.45) is 0 Å². The van der Waals surface area contributed by atoms with Crippen molar-refractivity contribution >= 4 is 34.8 Å². The fourth-order valence-corrected chi connectivity index (χ4v) is 3.62. The molecule has 2 heterocycles. The smallest absolute Gasteiger partial charge is 0.289 e. The molecule has 0 radical (unpaired) electrons. The van der Waals surface area contributed by atoms with Crippen molar-refractivity contribution in [3.05, 3.63) is 45.8 Å². The molecular formula is C20H26Cl2N4O2. The first-order valence-corrected chi connectivity index (χ1v) is 10.4. The molecule has 3 rings (SSSR count). The molecule has 0 unspecified atom stereocenters. The van der Waals surface area contributed by atoms with Gasteiger partial charge in [-0.25, -0.2) is 0 Å². The number of piperazine rings is 1. The van der Waals surface area contributed by atoms with Crippen molar-refractivity contribution < 1.29 is 9.32 Å². The van der Waals surface area contributed by atoms with Crippen molar-refractivity contribution in [3.63, 3.8) is 0 Å². The number of anilines is 1. The van der Waals surface area contributed by atoms with Gasteiger partial charge in [0.2, 0.25) is 5.76 Å². The molecule has 6 nitrogen and oxygen atoms in total. The van der Waals surface area contributed by atoms with E-state index < -0.39 is 0 Å². The van der Waals surface area contributed by atoms with E-state index in [1.807, 2.05) is 26.0 Å². The zero-order chi connectivity index (χ0) is 20.1. The molecular weight excluding hydrogens is 399 g/mol. The second-order valence-electron chi connectivity index (χ2n) is 7.28. The summed E-state index contributed by atoms with van der Waals surface area (Å²) in [6, 6.07) is 7.45. The first kappa shape index (κ1) is 21.0. The monoisotopic (exact) mass is 424 g/mol. The van der Waals surface area contributed by atoms with Crippen LogP contribution >= 0.6 is 23.2 Å². The van der Waals surface area contributed by atoms with Gasteiger partial charge in [-0.1, -0.05) is 48.3 Å². The zero-order valence-electron chi connectivity index (χ0n) is 16.3. The van der Waals surface area contributed by atoms with Gasteiger partial charge in [0.05, 0.1) is 21.4 Å². The van der Waals surface area contributed by atoms with Crippen LogP contribution in [-0.4, -0.2) is 55.2 Å². The standard InChI is InChI=1S/C20H26Cl2N4O2/c1-14(2)16-13-18(28-24-16)20(27)23-7-4-8-25-9-11-26(12-10-25)17-6-3-5-15(21)19(17)22/h3,5-6,13-14H,4,7-12H2,1-2H3,(H,23,27). The Hall–Kier alpha value is -1.76. The van der Waals surface area contributed by atoms with Gasteiger partial charge in [-0.2, -0.15) is 0 Å². The molecule has 1 fully saturated rings. The van der Waals surface area contributed by atoms with E-state index in [1.54, 1.807) is 12.1 Å². The van der Waals surface area contributed by atoms with Gasteiger partial charge in [-0.15, -0.1) is 0 Å². The maximum absolute atomic E-state index is 12.1. The number of carbonyl (C=O) groups is 1. The van der Waals surface area contributed by atoms with E-state index in [4.69, 9.17) is 27.7 Å². The minimum Gasteiger partial charge on any atom is -0.368 e. The highest BCUT2D eigenvalue weighted by molar-refractivity contribution is 6.43. The lowest BCUT2D eigenvalue weighted by Crippen LogP contribution is -2.47. The number of amides is 1. The molecule has 1 aromatic heterocycles. The van der Waals surface area contributed by atoms with E-state index >= 15 is 0 Å². The van der Waals surface area contributed by atoms with Crippen molar-refractivity contribution in [2.45, 2.75) is 26.2 Å². The first-order chi connectivity index (χ1) is 13.5. The van der Waals surface area contributed by atoms with E-state index in [2.05, 4.69) is 20.3 Å².